The maximum atomic E-state index is 11.7. The van der Waals surface area contributed by atoms with E-state index in [1.165, 1.54) is 0 Å². The van der Waals surface area contributed by atoms with E-state index in [0.717, 1.165) is 57.9 Å². The standard InChI is InChI=1S/C14H24N4O2/c1-15-13(16-8-12(19)17-11-2-3-11)18-6-4-14(9-18)5-7-20-10-14/h11H,2-10H2,1H3,(H,15,16)(H,17,19). The fourth-order valence-corrected chi connectivity index (χ4v) is 3.09. The minimum Gasteiger partial charge on any atom is -0.381 e. The van der Waals surface area contributed by atoms with Crippen LogP contribution in [-0.4, -0.2) is 62.7 Å². The maximum absolute atomic E-state index is 11.7. The second-order valence-electron chi connectivity index (χ2n) is 6.22. The number of carbonyl (C=O) groups excluding carboxylic acids is 1. The fourth-order valence-electron chi connectivity index (χ4n) is 3.09. The van der Waals surface area contributed by atoms with Crippen LogP contribution in [0.1, 0.15) is 25.7 Å². The topological polar surface area (TPSA) is 66.0 Å². The summed E-state index contributed by atoms with van der Waals surface area (Å²) in [6, 6.07) is 0.414. The van der Waals surface area contributed by atoms with Gasteiger partial charge in [0.25, 0.3) is 0 Å². The maximum Gasteiger partial charge on any atom is 0.239 e. The highest BCUT2D eigenvalue weighted by molar-refractivity contribution is 5.86. The van der Waals surface area contributed by atoms with Crippen molar-refractivity contribution in [1.29, 1.82) is 0 Å². The number of ether oxygens (including phenoxy) is 1. The Morgan fingerprint density at radius 3 is 2.95 bits per heavy atom. The van der Waals surface area contributed by atoms with Crippen molar-refractivity contribution in [3.63, 3.8) is 0 Å². The number of amides is 1. The highest BCUT2D eigenvalue weighted by atomic mass is 16.5. The Bertz CT molecular complexity index is 400. The van der Waals surface area contributed by atoms with Crippen LogP contribution in [0.2, 0.25) is 0 Å². The molecule has 3 fully saturated rings. The van der Waals surface area contributed by atoms with Crippen LogP contribution >= 0.6 is 0 Å². The number of likely N-dealkylation sites (tertiary alicyclic amines) is 1. The molecule has 1 atom stereocenters. The van der Waals surface area contributed by atoms with Gasteiger partial charge in [-0.1, -0.05) is 0 Å². The minimum absolute atomic E-state index is 0.0618. The third kappa shape index (κ3) is 3.06. The van der Waals surface area contributed by atoms with Crippen molar-refractivity contribution >= 4 is 11.9 Å². The van der Waals surface area contributed by atoms with Crippen LogP contribution in [-0.2, 0) is 9.53 Å². The molecule has 2 aliphatic heterocycles. The zero-order chi connectivity index (χ0) is 14.0. The molecule has 0 aromatic heterocycles. The molecular weight excluding hydrogens is 256 g/mol. The molecule has 3 aliphatic rings. The predicted octanol–water partition coefficient (Wildman–Crippen LogP) is -0.0472. The minimum atomic E-state index is 0.0618. The summed E-state index contributed by atoms with van der Waals surface area (Å²) < 4.78 is 5.54. The molecule has 2 heterocycles. The van der Waals surface area contributed by atoms with Gasteiger partial charge in [-0.05, 0) is 25.7 Å². The van der Waals surface area contributed by atoms with E-state index < -0.39 is 0 Å². The van der Waals surface area contributed by atoms with Gasteiger partial charge in [-0.3, -0.25) is 9.79 Å². The van der Waals surface area contributed by atoms with Crippen molar-refractivity contribution in [3.05, 3.63) is 0 Å². The second-order valence-corrected chi connectivity index (χ2v) is 6.22. The zero-order valence-electron chi connectivity index (χ0n) is 12.2. The number of hydrogen-bond acceptors (Lipinski definition) is 3. The number of nitrogens with one attached hydrogen (secondary N) is 2. The average molecular weight is 280 g/mol. The molecule has 6 heteroatoms. The van der Waals surface area contributed by atoms with E-state index in [4.69, 9.17) is 4.74 Å². The largest absolute Gasteiger partial charge is 0.381 e. The monoisotopic (exact) mass is 280 g/mol. The predicted molar refractivity (Wildman–Crippen MR) is 76.6 cm³/mol. The van der Waals surface area contributed by atoms with Gasteiger partial charge in [0, 0.05) is 38.2 Å². The van der Waals surface area contributed by atoms with E-state index in [2.05, 4.69) is 20.5 Å². The first-order valence-corrected chi connectivity index (χ1v) is 7.53. The average Bonchev–Trinajstić information content (AvgIpc) is 2.99. The van der Waals surface area contributed by atoms with Gasteiger partial charge in [0.15, 0.2) is 5.96 Å². The summed E-state index contributed by atoms with van der Waals surface area (Å²) >= 11 is 0. The molecule has 1 amide bonds. The summed E-state index contributed by atoms with van der Waals surface area (Å²) in [5.74, 6) is 0.895. The van der Waals surface area contributed by atoms with Gasteiger partial charge in [0.2, 0.25) is 5.91 Å². The first-order chi connectivity index (χ1) is 9.71. The lowest BCUT2D eigenvalue weighted by atomic mass is 9.87. The molecular formula is C14H24N4O2. The van der Waals surface area contributed by atoms with E-state index in [1.807, 2.05) is 0 Å². The lowest BCUT2D eigenvalue weighted by Crippen LogP contribution is -2.45. The molecule has 1 unspecified atom stereocenters. The van der Waals surface area contributed by atoms with E-state index in [0.29, 0.717) is 18.0 Å². The number of nitrogens with zero attached hydrogens (tertiary/aromatic N) is 2. The highest BCUT2D eigenvalue weighted by Gasteiger charge is 2.42. The summed E-state index contributed by atoms with van der Waals surface area (Å²) in [6.07, 6.45) is 4.54. The number of hydrogen-bond donors (Lipinski definition) is 2. The lowest BCUT2D eigenvalue weighted by Gasteiger charge is -2.24. The fraction of sp³-hybridized carbons (Fsp3) is 0.857. The molecule has 0 radical (unpaired) electrons. The Labute approximate surface area is 119 Å². The van der Waals surface area contributed by atoms with Crippen LogP contribution < -0.4 is 10.6 Å². The summed E-state index contributed by atoms with van der Waals surface area (Å²) in [4.78, 5) is 18.3. The number of guanidine groups is 1. The Morgan fingerprint density at radius 2 is 2.30 bits per heavy atom. The SMILES string of the molecule is CN=C(NCC(=O)NC1CC1)N1CCC2(CCOC2)C1. The van der Waals surface area contributed by atoms with E-state index >= 15 is 0 Å². The van der Waals surface area contributed by atoms with Gasteiger partial charge < -0.3 is 20.3 Å². The van der Waals surface area contributed by atoms with Gasteiger partial charge in [0.05, 0.1) is 13.2 Å². The first kappa shape index (κ1) is 13.7. The number of aliphatic imine (C=N–C) groups is 1. The second kappa shape index (κ2) is 5.60. The Hall–Kier alpha value is -1.30. The number of rotatable bonds is 3. The van der Waals surface area contributed by atoms with Crippen LogP contribution in [0.15, 0.2) is 4.99 Å². The summed E-state index contributed by atoms with van der Waals surface area (Å²) in [5, 5.41) is 6.15. The molecule has 1 aliphatic carbocycles. The van der Waals surface area contributed by atoms with Crippen molar-refractivity contribution in [2.24, 2.45) is 10.4 Å². The van der Waals surface area contributed by atoms with Gasteiger partial charge in [-0.15, -0.1) is 0 Å². The quantitative estimate of drug-likeness (QED) is 0.562. The van der Waals surface area contributed by atoms with Crippen molar-refractivity contribution in [2.45, 2.75) is 31.7 Å². The number of carbonyl (C=O) groups is 1. The third-order valence-corrected chi connectivity index (χ3v) is 4.48. The van der Waals surface area contributed by atoms with Gasteiger partial charge in [-0.25, -0.2) is 0 Å². The van der Waals surface area contributed by atoms with Crippen LogP contribution in [0.25, 0.3) is 0 Å². The van der Waals surface area contributed by atoms with E-state index in [9.17, 15) is 4.79 Å². The van der Waals surface area contributed by atoms with Crippen molar-refractivity contribution in [3.8, 4) is 0 Å². The molecule has 0 aromatic carbocycles. The van der Waals surface area contributed by atoms with E-state index in [1.54, 1.807) is 7.05 Å². The third-order valence-electron chi connectivity index (χ3n) is 4.48. The molecule has 3 rings (SSSR count). The van der Waals surface area contributed by atoms with Crippen LogP contribution in [0.5, 0.6) is 0 Å². The normalized spacial score (nSPS) is 30.1. The Morgan fingerprint density at radius 1 is 1.45 bits per heavy atom. The van der Waals surface area contributed by atoms with Gasteiger partial charge >= 0.3 is 0 Å². The molecule has 1 spiro atoms. The van der Waals surface area contributed by atoms with E-state index in [-0.39, 0.29) is 5.91 Å². The summed E-state index contributed by atoms with van der Waals surface area (Å²) in [7, 11) is 1.78. The van der Waals surface area contributed by atoms with Crippen LogP contribution in [0.3, 0.4) is 0 Å². The molecule has 112 valence electrons. The highest BCUT2D eigenvalue weighted by Crippen LogP contribution is 2.38. The molecule has 0 bridgehead atoms. The van der Waals surface area contributed by atoms with Gasteiger partial charge in [0.1, 0.15) is 0 Å². The summed E-state index contributed by atoms with van der Waals surface area (Å²) in [6.45, 7) is 4.03. The Kier molecular flexibility index (Phi) is 3.83. The Balaban J connectivity index is 1.48. The smallest absolute Gasteiger partial charge is 0.239 e. The molecule has 6 nitrogen and oxygen atoms in total. The molecule has 2 N–H and O–H groups in total. The molecule has 20 heavy (non-hydrogen) atoms. The molecule has 1 saturated carbocycles. The molecule has 0 aromatic rings. The van der Waals surface area contributed by atoms with Crippen molar-refractivity contribution in [2.75, 3.05) is 39.9 Å². The van der Waals surface area contributed by atoms with Crippen molar-refractivity contribution in [1.82, 2.24) is 15.5 Å². The van der Waals surface area contributed by atoms with Gasteiger partial charge in [-0.2, -0.15) is 0 Å². The molecule has 2 saturated heterocycles. The first-order valence-electron chi connectivity index (χ1n) is 7.53. The van der Waals surface area contributed by atoms with Crippen LogP contribution in [0.4, 0.5) is 0 Å². The van der Waals surface area contributed by atoms with Crippen molar-refractivity contribution < 1.29 is 9.53 Å². The van der Waals surface area contributed by atoms with Crippen LogP contribution in [0, 0.1) is 5.41 Å². The lowest BCUT2D eigenvalue weighted by molar-refractivity contribution is -0.120. The zero-order valence-corrected chi connectivity index (χ0v) is 12.2. The summed E-state index contributed by atoms with van der Waals surface area (Å²) in [5.41, 5.74) is 0.313.